The lowest BCUT2D eigenvalue weighted by atomic mass is 10.1. The molecule has 0 saturated carbocycles. The number of nitrogens with one attached hydrogen (secondary N) is 1. The van der Waals surface area contributed by atoms with Crippen molar-refractivity contribution in [3.05, 3.63) is 29.3 Å². The van der Waals surface area contributed by atoms with E-state index in [2.05, 4.69) is 10.1 Å². The SMILES string of the molecule is COC(=O)c1cc(NC(=O)N(C)[C@H](C)CO)cc(C(F)(F)F)c1. The quantitative estimate of drug-likeness (QED) is 0.829. The molecule has 0 aliphatic heterocycles. The van der Waals surface area contributed by atoms with Crippen LogP contribution in [0.3, 0.4) is 0 Å². The number of alkyl halides is 3. The number of carbonyl (C=O) groups excluding carboxylic acids is 2. The summed E-state index contributed by atoms with van der Waals surface area (Å²) in [5.41, 5.74) is -1.63. The van der Waals surface area contributed by atoms with Gasteiger partial charge in [0.15, 0.2) is 0 Å². The summed E-state index contributed by atoms with van der Waals surface area (Å²) in [6, 6.07) is 1.18. The number of esters is 1. The Morgan fingerprint density at radius 1 is 1.35 bits per heavy atom. The number of aliphatic hydroxyl groups is 1. The predicted octanol–water partition coefficient (Wildman–Crippen LogP) is 2.34. The smallest absolute Gasteiger partial charge is 0.416 e. The van der Waals surface area contributed by atoms with Crippen LogP contribution in [0.4, 0.5) is 23.7 Å². The highest BCUT2D eigenvalue weighted by molar-refractivity contribution is 5.94. The minimum Gasteiger partial charge on any atom is -0.465 e. The maximum atomic E-state index is 12.9. The Bertz CT molecular complexity index is 590. The summed E-state index contributed by atoms with van der Waals surface area (Å²) in [5.74, 6) is -0.955. The van der Waals surface area contributed by atoms with Crippen LogP contribution in [0, 0.1) is 0 Å². The molecule has 128 valence electrons. The minimum absolute atomic E-state index is 0.206. The Labute approximate surface area is 130 Å². The van der Waals surface area contributed by atoms with E-state index in [-0.39, 0.29) is 17.9 Å². The van der Waals surface area contributed by atoms with E-state index in [1.165, 1.54) is 7.05 Å². The molecule has 0 aliphatic carbocycles. The number of halogens is 3. The van der Waals surface area contributed by atoms with E-state index in [0.717, 1.165) is 18.1 Å². The Morgan fingerprint density at radius 2 is 1.96 bits per heavy atom. The van der Waals surface area contributed by atoms with Crippen molar-refractivity contribution in [2.24, 2.45) is 0 Å². The molecule has 0 fully saturated rings. The molecule has 1 atom stereocenters. The van der Waals surface area contributed by atoms with Crippen molar-refractivity contribution in [1.82, 2.24) is 4.90 Å². The molecule has 0 aliphatic rings. The van der Waals surface area contributed by atoms with Gasteiger partial charge in [-0.2, -0.15) is 13.2 Å². The average Bonchev–Trinajstić information content (AvgIpc) is 2.51. The van der Waals surface area contributed by atoms with Crippen LogP contribution in [-0.2, 0) is 10.9 Å². The number of nitrogens with zero attached hydrogens (tertiary/aromatic N) is 1. The molecule has 2 amide bonds. The first-order chi connectivity index (χ1) is 10.6. The van der Waals surface area contributed by atoms with Gasteiger partial charge in [0.25, 0.3) is 0 Å². The van der Waals surface area contributed by atoms with Crippen LogP contribution in [-0.4, -0.2) is 48.8 Å². The molecule has 0 unspecified atom stereocenters. The largest absolute Gasteiger partial charge is 0.465 e. The van der Waals surface area contributed by atoms with Crippen LogP contribution in [0.15, 0.2) is 18.2 Å². The zero-order chi connectivity index (χ0) is 17.8. The lowest BCUT2D eigenvalue weighted by molar-refractivity contribution is -0.137. The molecule has 0 aromatic heterocycles. The van der Waals surface area contributed by atoms with Crippen molar-refractivity contribution in [3.63, 3.8) is 0 Å². The number of aliphatic hydroxyl groups excluding tert-OH is 1. The zero-order valence-corrected chi connectivity index (χ0v) is 12.8. The number of amides is 2. The molecule has 0 saturated heterocycles. The average molecular weight is 334 g/mol. The van der Waals surface area contributed by atoms with Crippen LogP contribution in [0.5, 0.6) is 0 Å². The Morgan fingerprint density at radius 3 is 2.43 bits per heavy atom. The molecule has 2 N–H and O–H groups in total. The number of likely N-dealkylation sites (N-methyl/N-ethyl adjacent to an activating group) is 1. The number of urea groups is 1. The maximum absolute atomic E-state index is 12.9. The summed E-state index contributed by atoms with van der Waals surface area (Å²) in [4.78, 5) is 24.5. The highest BCUT2D eigenvalue weighted by atomic mass is 19.4. The molecule has 6 nitrogen and oxygen atoms in total. The minimum atomic E-state index is -4.69. The molecule has 0 radical (unpaired) electrons. The van der Waals surface area contributed by atoms with E-state index < -0.39 is 29.8 Å². The monoisotopic (exact) mass is 334 g/mol. The number of rotatable bonds is 4. The molecule has 1 aromatic rings. The van der Waals surface area contributed by atoms with Gasteiger partial charge in [-0.25, -0.2) is 9.59 Å². The fourth-order valence-corrected chi connectivity index (χ4v) is 1.63. The third-order valence-electron chi connectivity index (χ3n) is 3.18. The van der Waals surface area contributed by atoms with Gasteiger partial charge in [0.05, 0.1) is 30.9 Å². The van der Waals surface area contributed by atoms with E-state index in [4.69, 9.17) is 5.11 Å². The third-order valence-corrected chi connectivity index (χ3v) is 3.18. The van der Waals surface area contributed by atoms with Crippen molar-refractivity contribution in [1.29, 1.82) is 0 Å². The van der Waals surface area contributed by atoms with Crippen molar-refractivity contribution in [2.45, 2.75) is 19.1 Å². The number of anilines is 1. The van der Waals surface area contributed by atoms with Gasteiger partial charge in [0.1, 0.15) is 0 Å². The molecular formula is C14H17F3N2O4. The molecule has 23 heavy (non-hydrogen) atoms. The summed E-state index contributed by atoms with van der Waals surface area (Å²) in [7, 11) is 2.42. The predicted molar refractivity (Wildman–Crippen MR) is 76.1 cm³/mol. The second-order valence-corrected chi connectivity index (χ2v) is 4.86. The molecule has 0 bridgehead atoms. The van der Waals surface area contributed by atoms with Gasteiger partial charge in [0.2, 0.25) is 0 Å². The topological polar surface area (TPSA) is 78.9 Å². The Balaban J connectivity index is 3.15. The summed E-state index contributed by atoms with van der Waals surface area (Å²) in [6.45, 7) is 1.26. The molecule has 9 heteroatoms. The van der Waals surface area contributed by atoms with Gasteiger partial charge in [-0.05, 0) is 25.1 Å². The van der Waals surface area contributed by atoms with E-state index in [9.17, 15) is 22.8 Å². The number of benzene rings is 1. The van der Waals surface area contributed by atoms with Crippen molar-refractivity contribution < 1.29 is 32.6 Å². The fourth-order valence-electron chi connectivity index (χ4n) is 1.63. The van der Waals surface area contributed by atoms with Gasteiger partial charge in [-0.1, -0.05) is 0 Å². The van der Waals surface area contributed by atoms with Crippen LogP contribution < -0.4 is 5.32 Å². The van der Waals surface area contributed by atoms with Crippen molar-refractivity contribution in [2.75, 3.05) is 26.1 Å². The summed E-state index contributed by atoms with van der Waals surface area (Å²) < 4.78 is 43.1. The van der Waals surface area contributed by atoms with Crippen molar-refractivity contribution >= 4 is 17.7 Å². The standard InChI is InChI=1S/C14H17F3N2O4/c1-8(7-20)19(2)13(22)18-11-5-9(12(21)23-3)4-10(6-11)14(15,16)17/h4-6,8,20H,7H2,1-3H3,(H,18,22)/t8-/m1/s1. The molecule has 1 rings (SSSR count). The second kappa shape index (κ2) is 7.32. The van der Waals surface area contributed by atoms with Crippen LogP contribution in [0.2, 0.25) is 0 Å². The van der Waals surface area contributed by atoms with Gasteiger partial charge in [-0.15, -0.1) is 0 Å². The first kappa shape index (κ1) is 18.8. The number of carbonyl (C=O) groups is 2. The molecule has 1 aromatic carbocycles. The zero-order valence-electron chi connectivity index (χ0n) is 12.8. The van der Waals surface area contributed by atoms with Gasteiger partial charge in [-0.3, -0.25) is 0 Å². The molecule has 0 spiro atoms. The number of hydrogen-bond donors (Lipinski definition) is 2. The summed E-state index contributed by atoms with van der Waals surface area (Å²) >= 11 is 0. The Kier molecular flexibility index (Phi) is 5.97. The Hall–Kier alpha value is -2.29. The van der Waals surface area contributed by atoms with Crippen LogP contribution >= 0.6 is 0 Å². The third kappa shape index (κ3) is 4.85. The normalized spacial score (nSPS) is 12.5. The molecule has 0 heterocycles. The molecular weight excluding hydrogens is 317 g/mol. The first-order valence-electron chi connectivity index (χ1n) is 6.55. The van der Waals surface area contributed by atoms with Crippen LogP contribution in [0.25, 0.3) is 0 Å². The summed E-state index contributed by atoms with van der Waals surface area (Å²) in [6.07, 6.45) is -4.69. The lowest BCUT2D eigenvalue weighted by Crippen LogP contribution is -2.40. The first-order valence-corrected chi connectivity index (χ1v) is 6.55. The van der Waals surface area contributed by atoms with Gasteiger partial charge >= 0.3 is 18.2 Å². The van der Waals surface area contributed by atoms with E-state index >= 15 is 0 Å². The van der Waals surface area contributed by atoms with E-state index in [1.54, 1.807) is 6.92 Å². The number of methoxy groups -OCH3 is 1. The lowest BCUT2D eigenvalue weighted by Gasteiger charge is -2.23. The number of hydrogen-bond acceptors (Lipinski definition) is 4. The van der Waals surface area contributed by atoms with Crippen molar-refractivity contribution in [3.8, 4) is 0 Å². The van der Waals surface area contributed by atoms with Crippen LogP contribution in [0.1, 0.15) is 22.8 Å². The number of ether oxygens (including phenoxy) is 1. The summed E-state index contributed by atoms with van der Waals surface area (Å²) in [5, 5.41) is 11.2. The second-order valence-electron chi connectivity index (χ2n) is 4.86. The van der Waals surface area contributed by atoms with E-state index in [0.29, 0.717) is 12.1 Å². The van der Waals surface area contributed by atoms with Gasteiger partial charge in [0, 0.05) is 12.7 Å². The fraction of sp³-hybridized carbons (Fsp3) is 0.429. The highest BCUT2D eigenvalue weighted by Gasteiger charge is 2.32. The maximum Gasteiger partial charge on any atom is 0.416 e. The van der Waals surface area contributed by atoms with E-state index in [1.807, 2.05) is 0 Å². The highest BCUT2D eigenvalue weighted by Crippen LogP contribution is 2.32. The van der Waals surface area contributed by atoms with Gasteiger partial charge < -0.3 is 20.1 Å².